The van der Waals surface area contributed by atoms with E-state index in [1.807, 2.05) is 18.0 Å². The summed E-state index contributed by atoms with van der Waals surface area (Å²) in [5.74, 6) is 2.29. The quantitative estimate of drug-likeness (QED) is 0.744. The van der Waals surface area contributed by atoms with Crippen molar-refractivity contribution in [2.75, 3.05) is 12.3 Å². The fourth-order valence-corrected chi connectivity index (χ4v) is 2.93. The number of nitrogens with one attached hydrogen (secondary N) is 1. The molecule has 0 aliphatic carbocycles. The van der Waals surface area contributed by atoms with Crippen LogP contribution in [0.25, 0.3) is 0 Å². The third-order valence-corrected chi connectivity index (χ3v) is 4.52. The van der Waals surface area contributed by atoms with Gasteiger partial charge in [-0.25, -0.2) is 4.98 Å². The van der Waals surface area contributed by atoms with Crippen LogP contribution in [0.1, 0.15) is 52.4 Å². The van der Waals surface area contributed by atoms with Gasteiger partial charge in [-0.1, -0.05) is 27.7 Å². The molecule has 0 radical (unpaired) electrons. The molecule has 1 aromatic heterocycles. The summed E-state index contributed by atoms with van der Waals surface area (Å²) in [7, 11) is 0. The number of imidazole rings is 1. The maximum Gasteiger partial charge on any atom is 0.126 e. The van der Waals surface area contributed by atoms with Gasteiger partial charge in [-0.15, -0.1) is 0 Å². The molecule has 2 unspecified atom stereocenters. The minimum atomic E-state index is 0.371. The molecule has 1 rings (SSSR count). The summed E-state index contributed by atoms with van der Waals surface area (Å²) in [5.41, 5.74) is 0. The monoisotopic (exact) mass is 269 g/mol. The lowest BCUT2D eigenvalue weighted by atomic mass is 10.3. The van der Waals surface area contributed by atoms with E-state index >= 15 is 0 Å². The van der Waals surface area contributed by atoms with Crippen molar-refractivity contribution in [2.45, 2.75) is 58.4 Å². The molecule has 0 saturated heterocycles. The minimum absolute atomic E-state index is 0.371. The molecule has 0 aromatic carbocycles. The SMILES string of the molecule is CCCn1ccnc1C(CSC(C)CC)NCC. The van der Waals surface area contributed by atoms with E-state index in [2.05, 4.69) is 48.8 Å². The first-order valence-corrected chi connectivity index (χ1v) is 8.13. The van der Waals surface area contributed by atoms with Crippen LogP contribution in [0, 0.1) is 0 Å². The second kappa shape index (κ2) is 8.59. The maximum absolute atomic E-state index is 4.54. The fraction of sp³-hybridized carbons (Fsp3) is 0.786. The van der Waals surface area contributed by atoms with Gasteiger partial charge in [0.05, 0.1) is 6.04 Å². The molecule has 1 heterocycles. The van der Waals surface area contributed by atoms with Crippen LogP contribution in [-0.2, 0) is 6.54 Å². The lowest BCUT2D eigenvalue weighted by Gasteiger charge is -2.20. The highest BCUT2D eigenvalue weighted by molar-refractivity contribution is 7.99. The molecule has 1 aromatic rings. The van der Waals surface area contributed by atoms with Gasteiger partial charge in [0.2, 0.25) is 0 Å². The Morgan fingerprint density at radius 2 is 2.17 bits per heavy atom. The Balaban J connectivity index is 2.67. The second-order valence-electron chi connectivity index (χ2n) is 4.64. The van der Waals surface area contributed by atoms with Gasteiger partial charge in [-0.3, -0.25) is 0 Å². The normalized spacial score (nSPS) is 14.7. The van der Waals surface area contributed by atoms with Gasteiger partial charge >= 0.3 is 0 Å². The molecule has 0 saturated carbocycles. The van der Waals surface area contributed by atoms with Crippen LogP contribution in [0.15, 0.2) is 12.4 Å². The summed E-state index contributed by atoms with van der Waals surface area (Å²) in [6.45, 7) is 11.0. The van der Waals surface area contributed by atoms with Crippen molar-refractivity contribution in [3.8, 4) is 0 Å². The van der Waals surface area contributed by atoms with Gasteiger partial charge in [-0.05, 0) is 19.4 Å². The fourth-order valence-electron chi connectivity index (χ4n) is 1.91. The zero-order valence-electron chi connectivity index (χ0n) is 12.1. The largest absolute Gasteiger partial charge is 0.334 e. The molecule has 0 amide bonds. The van der Waals surface area contributed by atoms with Crippen molar-refractivity contribution < 1.29 is 0 Å². The Labute approximate surface area is 116 Å². The standard InChI is InChI=1S/C14H27N3S/c1-5-9-17-10-8-16-14(17)13(15-7-3)11-18-12(4)6-2/h8,10,12-13,15H,5-7,9,11H2,1-4H3. The number of aryl methyl sites for hydroxylation is 1. The Morgan fingerprint density at radius 3 is 2.78 bits per heavy atom. The van der Waals surface area contributed by atoms with E-state index < -0.39 is 0 Å². The molecule has 4 heteroatoms. The van der Waals surface area contributed by atoms with Gasteiger partial charge in [0.1, 0.15) is 5.82 Å². The van der Waals surface area contributed by atoms with Gasteiger partial charge < -0.3 is 9.88 Å². The third-order valence-electron chi connectivity index (χ3n) is 3.10. The van der Waals surface area contributed by atoms with Gasteiger partial charge in [-0.2, -0.15) is 11.8 Å². The smallest absolute Gasteiger partial charge is 0.126 e. The number of hydrogen-bond acceptors (Lipinski definition) is 3. The first-order chi connectivity index (χ1) is 8.72. The first kappa shape index (κ1) is 15.6. The van der Waals surface area contributed by atoms with Crippen LogP contribution in [0.3, 0.4) is 0 Å². The highest BCUT2D eigenvalue weighted by atomic mass is 32.2. The summed E-state index contributed by atoms with van der Waals surface area (Å²) in [5, 5.41) is 4.28. The van der Waals surface area contributed by atoms with Crippen LogP contribution < -0.4 is 5.32 Å². The summed E-state index contributed by atoms with van der Waals surface area (Å²) in [6.07, 6.45) is 6.40. The average molecular weight is 269 g/mol. The molecule has 3 nitrogen and oxygen atoms in total. The molecule has 0 fully saturated rings. The summed E-state index contributed by atoms with van der Waals surface area (Å²) < 4.78 is 2.28. The van der Waals surface area contributed by atoms with E-state index in [1.54, 1.807) is 0 Å². The molecular weight excluding hydrogens is 242 g/mol. The maximum atomic E-state index is 4.54. The highest BCUT2D eigenvalue weighted by Gasteiger charge is 2.16. The molecule has 104 valence electrons. The van der Waals surface area contributed by atoms with E-state index in [0.717, 1.165) is 30.5 Å². The van der Waals surface area contributed by atoms with E-state index in [0.29, 0.717) is 6.04 Å². The lowest BCUT2D eigenvalue weighted by molar-refractivity contribution is 0.526. The van der Waals surface area contributed by atoms with Crippen molar-refractivity contribution in [2.24, 2.45) is 0 Å². The van der Waals surface area contributed by atoms with Crippen molar-refractivity contribution in [1.82, 2.24) is 14.9 Å². The molecule has 0 spiro atoms. The van der Waals surface area contributed by atoms with Crippen LogP contribution in [0.4, 0.5) is 0 Å². The highest BCUT2D eigenvalue weighted by Crippen LogP contribution is 2.22. The third kappa shape index (κ3) is 4.65. The van der Waals surface area contributed by atoms with E-state index in [1.165, 1.54) is 12.2 Å². The number of rotatable bonds is 9. The first-order valence-electron chi connectivity index (χ1n) is 7.08. The molecule has 0 bridgehead atoms. The molecular formula is C14H27N3S. The van der Waals surface area contributed by atoms with E-state index in [-0.39, 0.29) is 0 Å². The molecule has 18 heavy (non-hydrogen) atoms. The van der Waals surface area contributed by atoms with Crippen molar-refractivity contribution in [1.29, 1.82) is 0 Å². The van der Waals surface area contributed by atoms with Crippen molar-refractivity contribution in [3.05, 3.63) is 18.2 Å². The van der Waals surface area contributed by atoms with Gasteiger partial charge in [0, 0.05) is 29.9 Å². The Hall–Kier alpha value is -0.480. The van der Waals surface area contributed by atoms with Gasteiger partial charge in [0.15, 0.2) is 0 Å². The van der Waals surface area contributed by atoms with Gasteiger partial charge in [0.25, 0.3) is 0 Å². The van der Waals surface area contributed by atoms with Crippen LogP contribution in [-0.4, -0.2) is 27.1 Å². The zero-order valence-corrected chi connectivity index (χ0v) is 13.0. The summed E-state index contributed by atoms with van der Waals surface area (Å²) in [4.78, 5) is 4.54. The van der Waals surface area contributed by atoms with E-state index in [4.69, 9.17) is 0 Å². The number of aromatic nitrogens is 2. The van der Waals surface area contributed by atoms with Crippen LogP contribution in [0.5, 0.6) is 0 Å². The summed E-state index contributed by atoms with van der Waals surface area (Å²) >= 11 is 2.03. The van der Waals surface area contributed by atoms with E-state index in [9.17, 15) is 0 Å². The Morgan fingerprint density at radius 1 is 1.39 bits per heavy atom. The number of thioether (sulfide) groups is 1. The van der Waals surface area contributed by atoms with Crippen LogP contribution in [0.2, 0.25) is 0 Å². The zero-order chi connectivity index (χ0) is 13.4. The predicted octanol–water partition coefficient (Wildman–Crippen LogP) is 3.48. The van der Waals surface area contributed by atoms with Crippen molar-refractivity contribution in [3.63, 3.8) is 0 Å². The second-order valence-corrected chi connectivity index (χ2v) is 6.11. The average Bonchev–Trinajstić information content (AvgIpc) is 2.82. The number of hydrogen-bond donors (Lipinski definition) is 1. The molecule has 2 atom stereocenters. The Kier molecular flexibility index (Phi) is 7.44. The molecule has 0 aliphatic heterocycles. The predicted molar refractivity (Wildman–Crippen MR) is 81.1 cm³/mol. The topological polar surface area (TPSA) is 29.9 Å². The molecule has 0 aliphatic rings. The van der Waals surface area contributed by atoms with Crippen LogP contribution >= 0.6 is 11.8 Å². The summed E-state index contributed by atoms with van der Waals surface area (Å²) in [6, 6.07) is 0.371. The minimum Gasteiger partial charge on any atom is -0.334 e. The van der Waals surface area contributed by atoms with Crippen molar-refractivity contribution >= 4 is 11.8 Å². The lowest BCUT2D eigenvalue weighted by Crippen LogP contribution is -2.27. The number of nitrogens with zero attached hydrogens (tertiary/aromatic N) is 2. The Bertz CT molecular complexity index is 325. The molecule has 1 N–H and O–H groups in total.